The predicted octanol–water partition coefficient (Wildman–Crippen LogP) is 3.34. The van der Waals surface area contributed by atoms with E-state index in [4.69, 9.17) is 14.7 Å². The van der Waals surface area contributed by atoms with E-state index in [9.17, 15) is 4.79 Å². The van der Waals surface area contributed by atoms with Crippen molar-refractivity contribution in [2.24, 2.45) is 0 Å². The van der Waals surface area contributed by atoms with Gasteiger partial charge >= 0.3 is 6.03 Å². The number of fused-ring (bicyclic) bond motifs is 1. The zero-order valence-electron chi connectivity index (χ0n) is 13.3. The maximum atomic E-state index is 12.4. The fraction of sp³-hybridized carbons (Fsp3) is 0.222. The summed E-state index contributed by atoms with van der Waals surface area (Å²) in [6, 6.07) is 14.3. The normalized spacial score (nSPS) is 11.7. The number of hydrogen-bond donors (Lipinski definition) is 1. The molecule has 6 nitrogen and oxygen atoms in total. The van der Waals surface area contributed by atoms with Gasteiger partial charge in [-0.25, -0.2) is 4.79 Å². The third kappa shape index (κ3) is 3.41. The Hall–Kier alpha value is -3.20. The highest BCUT2D eigenvalue weighted by atomic mass is 16.7. The van der Waals surface area contributed by atoms with Crippen LogP contribution in [0.3, 0.4) is 0 Å². The van der Waals surface area contributed by atoms with Crippen LogP contribution in [0.15, 0.2) is 42.5 Å². The maximum absolute atomic E-state index is 12.4. The molecule has 2 aromatic rings. The second-order valence-corrected chi connectivity index (χ2v) is 5.32. The van der Waals surface area contributed by atoms with E-state index in [1.807, 2.05) is 31.2 Å². The molecule has 2 amide bonds. The summed E-state index contributed by atoms with van der Waals surface area (Å²) in [5.74, 6) is 1.43. The Balaban J connectivity index is 1.66. The highest BCUT2D eigenvalue weighted by molar-refractivity contribution is 5.89. The van der Waals surface area contributed by atoms with Crippen molar-refractivity contribution in [2.75, 3.05) is 18.7 Å². The summed E-state index contributed by atoms with van der Waals surface area (Å²) in [5, 5.41) is 11.6. The van der Waals surface area contributed by atoms with Gasteiger partial charge in [-0.3, -0.25) is 0 Å². The molecule has 0 radical (unpaired) electrons. The molecule has 0 aromatic heterocycles. The lowest BCUT2D eigenvalue weighted by Gasteiger charge is -2.21. The van der Waals surface area contributed by atoms with Crippen LogP contribution in [0.5, 0.6) is 11.5 Å². The van der Waals surface area contributed by atoms with Crippen molar-refractivity contribution in [3.05, 3.63) is 53.6 Å². The Morgan fingerprint density at radius 1 is 1.21 bits per heavy atom. The smallest absolute Gasteiger partial charge is 0.322 e. The number of carbonyl (C=O) groups is 1. The van der Waals surface area contributed by atoms with Gasteiger partial charge in [-0.15, -0.1) is 0 Å². The zero-order valence-corrected chi connectivity index (χ0v) is 13.3. The van der Waals surface area contributed by atoms with Crippen molar-refractivity contribution in [3.63, 3.8) is 0 Å². The lowest BCUT2D eigenvalue weighted by atomic mass is 10.2. The van der Waals surface area contributed by atoms with Crippen LogP contribution >= 0.6 is 0 Å². The van der Waals surface area contributed by atoms with Gasteiger partial charge in [0.1, 0.15) is 0 Å². The standard InChI is InChI=1S/C18H17N3O3/c1-2-21(11-14-5-8-16-17(9-14)24-12-23-16)18(22)20-15-6-3-13(10-19)4-7-15/h3-9H,2,11-12H2,1H3,(H,20,22). The number of anilines is 1. The van der Waals surface area contributed by atoms with Gasteiger partial charge in [-0.2, -0.15) is 5.26 Å². The molecule has 122 valence electrons. The first-order valence-corrected chi connectivity index (χ1v) is 7.64. The highest BCUT2D eigenvalue weighted by Crippen LogP contribution is 2.32. The van der Waals surface area contributed by atoms with Gasteiger partial charge in [0.2, 0.25) is 6.79 Å². The summed E-state index contributed by atoms with van der Waals surface area (Å²) < 4.78 is 10.7. The van der Waals surface area contributed by atoms with Crippen LogP contribution in [0.1, 0.15) is 18.1 Å². The second kappa shape index (κ2) is 6.92. The zero-order chi connectivity index (χ0) is 16.9. The molecule has 1 heterocycles. The largest absolute Gasteiger partial charge is 0.454 e. The lowest BCUT2D eigenvalue weighted by Crippen LogP contribution is -2.34. The molecule has 0 atom stereocenters. The van der Waals surface area contributed by atoms with Gasteiger partial charge < -0.3 is 19.7 Å². The molecule has 6 heteroatoms. The van der Waals surface area contributed by atoms with E-state index in [-0.39, 0.29) is 12.8 Å². The van der Waals surface area contributed by atoms with Crippen molar-refractivity contribution in [1.82, 2.24) is 4.90 Å². The first-order valence-electron chi connectivity index (χ1n) is 7.64. The Kier molecular flexibility index (Phi) is 4.52. The molecule has 0 aliphatic carbocycles. The molecule has 1 N–H and O–H groups in total. The number of nitrogens with zero attached hydrogens (tertiary/aromatic N) is 2. The molecule has 0 spiro atoms. The van der Waals surface area contributed by atoms with Gasteiger partial charge in [0.15, 0.2) is 11.5 Å². The molecular formula is C18H17N3O3. The first kappa shape index (κ1) is 15.7. The first-order chi connectivity index (χ1) is 11.7. The number of urea groups is 1. The minimum Gasteiger partial charge on any atom is -0.454 e. The molecule has 0 bridgehead atoms. The van der Waals surface area contributed by atoms with Crippen LogP contribution in [0.4, 0.5) is 10.5 Å². The highest BCUT2D eigenvalue weighted by Gasteiger charge is 2.16. The third-order valence-electron chi connectivity index (χ3n) is 3.74. The maximum Gasteiger partial charge on any atom is 0.322 e. The quantitative estimate of drug-likeness (QED) is 0.936. The van der Waals surface area contributed by atoms with Gasteiger partial charge in [-0.1, -0.05) is 6.07 Å². The summed E-state index contributed by atoms with van der Waals surface area (Å²) >= 11 is 0. The predicted molar refractivity (Wildman–Crippen MR) is 88.8 cm³/mol. The van der Waals surface area contributed by atoms with Crippen molar-refractivity contribution in [1.29, 1.82) is 5.26 Å². The van der Waals surface area contributed by atoms with Crippen molar-refractivity contribution in [2.45, 2.75) is 13.5 Å². The monoisotopic (exact) mass is 323 g/mol. The molecule has 24 heavy (non-hydrogen) atoms. The van der Waals surface area contributed by atoms with Gasteiger partial charge in [0, 0.05) is 18.8 Å². The Labute approximate surface area is 140 Å². The number of benzene rings is 2. The Morgan fingerprint density at radius 2 is 1.96 bits per heavy atom. The molecule has 1 aliphatic heterocycles. The van der Waals surface area contributed by atoms with E-state index < -0.39 is 0 Å². The number of nitriles is 1. The van der Waals surface area contributed by atoms with E-state index in [1.54, 1.807) is 29.2 Å². The van der Waals surface area contributed by atoms with Crippen molar-refractivity contribution < 1.29 is 14.3 Å². The molecule has 1 aliphatic rings. The number of amides is 2. The van der Waals surface area contributed by atoms with Crippen LogP contribution in [0.25, 0.3) is 0 Å². The van der Waals surface area contributed by atoms with Crippen molar-refractivity contribution in [3.8, 4) is 17.6 Å². The van der Waals surface area contributed by atoms with E-state index in [2.05, 4.69) is 5.32 Å². The molecule has 0 unspecified atom stereocenters. The molecule has 0 fully saturated rings. The SMILES string of the molecule is CCN(Cc1ccc2c(c1)OCO2)C(=O)Nc1ccc(C#N)cc1. The van der Waals surface area contributed by atoms with E-state index >= 15 is 0 Å². The minimum absolute atomic E-state index is 0.195. The topological polar surface area (TPSA) is 74.6 Å². The fourth-order valence-electron chi connectivity index (χ4n) is 2.42. The Morgan fingerprint density at radius 3 is 2.67 bits per heavy atom. The van der Waals surface area contributed by atoms with Gasteiger partial charge in [0.25, 0.3) is 0 Å². The molecule has 0 saturated heterocycles. The van der Waals surface area contributed by atoms with Gasteiger partial charge in [-0.05, 0) is 48.9 Å². The van der Waals surface area contributed by atoms with E-state index in [0.29, 0.717) is 30.1 Å². The lowest BCUT2D eigenvalue weighted by molar-refractivity contribution is 0.174. The van der Waals surface area contributed by atoms with Crippen LogP contribution in [-0.2, 0) is 6.54 Å². The average Bonchev–Trinajstić information content (AvgIpc) is 3.08. The number of nitrogens with one attached hydrogen (secondary N) is 1. The number of carbonyl (C=O) groups excluding carboxylic acids is 1. The van der Waals surface area contributed by atoms with Crippen molar-refractivity contribution >= 4 is 11.7 Å². The summed E-state index contributed by atoms with van der Waals surface area (Å²) in [4.78, 5) is 14.1. The van der Waals surface area contributed by atoms with Crippen LogP contribution in [0, 0.1) is 11.3 Å². The van der Waals surface area contributed by atoms with Crippen LogP contribution in [-0.4, -0.2) is 24.3 Å². The summed E-state index contributed by atoms with van der Waals surface area (Å²) in [7, 11) is 0. The molecule has 0 saturated carbocycles. The Bertz CT molecular complexity index is 781. The van der Waals surface area contributed by atoms with Crippen LogP contribution in [0.2, 0.25) is 0 Å². The third-order valence-corrected chi connectivity index (χ3v) is 3.74. The number of ether oxygens (including phenoxy) is 2. The fourth-order valence-corrected chi connectivity index (χ4v) is 2.42. The molecular weight excluding hydrogens is 306 g/mol. The average molecular weight is 323 g/mol. The molecule has 3 rings (SSSR count). The second-order valence-electron chi connectivity index (χ2n) is 5.32. The number of rotatable bonds is 4. The molecule has 2 aromatic carbocycles. The van der Waals surface area contributed by atoms with Crippen LogP contribution < -0.4 is 14.8 Å². The minimum atomic E-state index is -0.195. The summed E-state index contributed by atoms with van der Waals surface area (Å²) in [5.41, 5.74) is 2.18. The van der Waals surface area contributed by atoms with Gasteiger partial charge in [0.05, 0.1) is 11.6 Å². The summed E-state index contributed by atoms with van der Waals surface area (Å²) in [6.07, 6.45) is 0. The van der Waals surface area contributed by atoms with E-state index in [0.717, 1.165) is 11.3 Å². The van der Waals surface area contributed by atoms with E-state index in [1.165, 1.54) is 0 Å². The summed E-state index contributed by atoms with van der Waals surface area (Å²) in [6.45, 7) is 3.19. The number of hydrogen-bond acceptors (Lipinski definition) is 4.